The lowest BCUT2D eigenvalue weighted by molar-refractivity contribution is 0.0864. The van der Waals surface area contributed by atoms with Crippen molar-refractivity contribution in [3.05, 3.63) is 70.2 Å². The molecule has 1 N–H and O–H groups in total. The fourth-order valence-electron chi connectivity index (χ4n) is 3.96. The molecule has 1 aliphatic heterocycles. The van der Waals surface area contributed by atoms with E-state index in [-0.39, 0.29) is 23.5 Å². The third kappa shape index (κ3) is 4.36. The maximum absolute atomic E-state index is 13.6. The number of nitrogens with zero attached hydrogens (tertiary/aromatic N) is 2. The molecule has 1 aromatic heterocycles. The molecule has 30 heavy (non-hydrogen) atoms. The number of carbonyl (C=O) groups is 1. The molecular formula is C23H25ClFN3O2. The van der Waals surface area contributed by atoms with Gasteiger partial charge in [0.2, 0.25) is 0 Å². The normalized spacial score (nSPS) is 16.7. The van der Waals surface area contributed by atoms with Gasteiger partial charge in [-0.15, -0.1) is 0 Å². The standard InChI is InChI=1S/C23H25ClFN3O2/c1-15-19-13-18(25)7-8-21(19)30-22(15)23(29)26-14-20(16-3-5-17(24)6-4-16)28-11-9-27(2)10-12-28/h3-8,13,20H,9-12,14H2,1-2H3,(H,26,29). The maximum atomic E-state index is 13.6. The highest BCUT2D eigenvalue weighted by atomic mass is 35.5. The molecule has 2 aromatic carbocycles. The molecule has 7 heteroatoms. The minimum absolute atomic E-state index is 0.0297. The smallest absolute Gasteiger partial charge is 0.287 e. The van der Waals surface area contributed by atoms with Crippen molar-refractivity contribution in [2.75, 3.05) is 39.8 Å². The first-order valence-electron chi connectivity index (χ1n) is 10.1. The monoisotopic (exact) mass is 429 g/mol. The number of rotatable bonds is 5. The Morgan fingerprint density at radius 1 is 1.17 bits per heavy atom. The molecule has 158 valence electrons. The summed E-state index contributed by atoms with van der Waals surface area (Å²) in [4.78, 5) is 17.6. The first-order chi connectivity index (χ1) is 14.4. The molecular weight excluding hydrogens is 405 g/mol. The Labute approximate surface area is 180 Å². The van der Waals surface area contributed by atoms with E-state index in [1.54, 1.807) is 13.0 Å². The molecule has 1 atom stereocenters. The van der Waals surface area contributed by atoms with Gasteiger partial charge in [-0.25, -0.2) is 4.39 Å². The molecule has 1 amide bonds. The predicted octanol–water partition coefficient (Wildman–Crippen LogP) is 4.25. The fourth-order valence-corrected chi connectivity index (χ4v) is 4.08. The van der Waals surface area contributed by atoms with Crippen molar-refractivity contribution in [2.45, 2.75) is 13.0 Å². The molecule has 2 heterocycles. The van der Waals surface area contributed by atoms with Crippen LogP contribution in [0, 0.1) is 12.7 Å². The number of likely N-dealkylation sites (N-methyl/N-ethyl adjacent to an activating group) is 1. The first kappa shape index (κ1) is 20.8. The van der Waals surface area contributed by atoms with Crippen molar-refractivity contribution in [3.8, 4) is 0 Å². The lowest BCUT2D eigenvalue weighted by Gasteiger charge is -2.38. The Bertz CT molecular complexity index is 1040. The van der Waals surface area contributed by atoms with Crippen molar-refractivity contribution in [1.29, 1.82) is 0 Å². The zero-order valence-electron chi connectivity index (χ0n) is 17.1. The summed E-state index contributed by atoms with van der Waals surface area (Å²) in [6.07, 6.45) is 0. The summed E-state index contributed by atoms with van der Waals surface area (Å²) in [5, 5.41) is 4.33. The number of hydrogen-bond acceptors (Lipinski definition) is 4. The summed E-state index contributed by atoms with van der Waals surface area (Å²) < 4.78 is 19.3. The van der Waals surface area contributed by atoms with Crippen LogP contribution in [-0.4, -0.2) is 55.5 Å². The molecule has 0 radical (unpaired) electrons. The second-order valence-electron chi connectivity index (χ2n) is 7.81. The van der Waals surface area contributed by atoms with Crippen molar-refractivity contribution in [3.63, 3.8) is 0 Å². The summed E-state index contributed by atoms with van der Waals surface area (Å²) in [6, 6.07) is 12.1. The summed E-state index contributed by atoms with van der Waals surface area (Å²) in [5.41, 5.74) is 2.25. The SMILES string of the molecule is Cc1c(C(=O)NCC(c2ccc(Cl)cc2)N2CCN(C)CC2)oc2ccc(F)cc12. The number of furan rings is 1. The van der Waals surface area contributed by atoms with E-state index in [0.29, 0.717) is 28.1 Å². The van der Waals surface area contributed by atoms with Crippen molar-refractivity contribution in [1.82, 2.24) is 15.1 Å². The Hall–Kier alpha value is -2.41. The zero-order chi connectivity index (χ0) is 21.3. The van der Waals surface area contributed by atoms with Crippen LogP contribution in [0.4, 0.5) is 4.39 Å². The topological polar surface area (TPSA) is 48.7 Å². The van der Waals surface area contributed by atoms with Gasteiger partial charge in [0.15, 0.2) is 5.76 Å². The van der Waals surface area contributed by atoms with E-state index in [2.05, 4.69) is 22.2 Å². The lowest BCUT2D eigenvalue weighted by atomic mass is 10.0. The third-order valence-corrected chi connectivity index (χ3v) is 6.05. The quantitative estimate of drug-likeness (QED) is 0.658. The van der Waals surface area contributed by atoms with E-state index in [4.69, 9.17) is 16.0 Å². The highest BCUT2D eigenvalue weighted by molar-refractivity contribution is 6.30. The van der Waals surface area contributed by atoms with Crippen LogP contribution < -0.4 is 5.32 Å². The van der Waals surface area contributed by atoms with Gasteiger partial charge >= 0.3 is 0 Å². The number of carbonyl (C=O) groups excluding carboxylic acids is 1. The first-order valence-corrected chi connectivity index (χ1v) is 10.4. The number of amides is 1. The van der Waals surface area contributed by atoms with E-state index < -0.39 is 0 Å². The van der Waals surface area contributed by atoms with Crippen molar-refractivity contribution < 1.29 is 13.6 Å². The summed E-state index contributed by atoms with van der Waals surface area (Å²) in [5.74, 6) is -0.419. The summed E-state index contributed by atoms with van der Waals surface area (Å²) in [7, 11) is 2.11. The third-order valence-electron chi connectivity index (χ3n) is 5.79. The van der Waals surface area contributed by atoms with Crippen LogP contribution in [0.1, 0.15) is 27.7 Å². The summed E-state index contributed by atoms with van der Waals surface area (Å²) in [6.45, 7) is 6.01. The van der Waals surface area contributed by atoms with Crippen LogP contribution in [0.3, 0.4) is 0 Å². The highest BCUT2D eigenvalue weighted by Crippen LogP contribution is 2.27. The van der Waals surface area contributed by atoms with Crippen LogP contribution in [0.15, 0.2) is 46.9 Å². The number of fused-ring (bicyclic) bond motifs is 1. The Balaban J connectivity index is 1.54. The molecule has 0 spiro atoms. The molecule has 1 fully saturated rings. The molecule has 3 aromatic rings. The number of halogens is 2. The lowest BCUT2D eigenvalue weighted by Crippen LogP contribution is -2.48. The maximum Gasteiger partial charge on any atom is 0.287 e. The van der Waals surface area contributed by atoms with E-state index >= 15 is 0 Å². The second kappa shape index (κ2) is 8.76. The van der Waals surface area contributed by atoms with Crippen LogP contribution in [0.25, 0.3) is 11.0 Å². The van der Waals surface area contributed by atoms with Gasteiger partial charge in [-0.1, -0.05) is 23.7 Å². The molecule has 0 bridgehead atoms. The number of nitrogens with one attached hydrogen (secondary N) is 1. The average molecular weight is 430 g/mol. The van der Waals surface area contributed by atoms with Gasteiger partial charge in [0, 0.05) is 48.7 Å². The van der Waals surface area contributed by atoms with Gasteiger partial charge in [-0.2, -0.15) is 0 Å². The van der Waals surface area contributed by atoms with Gasteiger partial charge in [0.25, 0.3) is 5.91 Å². The fraction of sp³-hybridized carbons (Fsp3) is 0.348. The van der Waals surface area contributed by atoms with Gasteiger partial charge in [0.05, 0.1) is 6.04 Å². The van der Waals surface area contributed by atoms with Gasteiger partial charge in [0.1, 0.15) is 11.4 Å². The molecule has 1 unspecified atom stereocenters. The van der Waals surface area contributed by atoms with Gasteiger partial charge < -0.3 is 14.6 Å². The largest absolute Gasteiger partial charge is 0.451 e. The van der Waals surface area contributed by atoms with Gasteiger partial charge in [-0.3, -0.25) is 9.69 Å². The molecule has 5 nitrogen and oxygen atoms in total. The number of piperazine rings is 1. The van der Waals surface area contributed by atoms with E-state index in [1.165, 1.54) is 12.1 Å². The molecule has 0 aliphatic carbocycles. The number of benzene rings is 2. The minimum atomic E-state index is -0.351. The van der Waals surface area contributed by atoms with Crippen LogP contribution in [-0.2, 0) is 0 Å². The van der Waals surface area contributed by atoms with E-state index in [9.17, 15) is 9.18 Å². The average Bonchev–Trinajstić information content (AvgIpc) is 3.06. The predicted molar refractivity (Wildman–Crippen MR) is 117 cm³/mol. The summed E-state index contributed by atoms with van der Waals surface area (Å²) >= 11 is 6.07. The highest BCUT2D eigenvalue weighted by Gasteiger charge is 2.26. The van der Waals surface area contributed by atoms with Crippen LogP contribution in [0.5, 0.6) is 0 Å². The minimum Gasteiger partial charge on any atom is -0.451 e. The molecule has 1 aliphatic rings. The van der Waals surface area contributed by atoms with Gasteiger partial charge in [-0.05, 0) is 49.9 Å². The second-order valence-corrected chi connectivity index (χ2v) is 8.25. The molecule has 4 rings (SSSR count). The van der Waals surface area contributed by atoms with Crippen LogP contribution in [0.2, 0.25) is 5.02 Å². The van der Waals surface area contributed by atoms with Crippen molar-refractivity contribution in [2.24, 2.45) is 0 Å². The van der Waals surface area contributed by atoms with Crippen LogP contribution >= 0.6 is 11.6 Å². The van der Waals surface area contributed by atoms with E-state index in [1.807, 2.05) is 24.3 Å². The molecule has 1 saturated heterocycles. The molecule has 0 saturated carbocycles. The number of aryl methyl sites for hydroxylation is 1. The Morgan fingerprint density at radius 3 is 2.57 bits per heavy atom. The van der Waals surface area contributed by atoms with E-state index in [0.717, 1.165) is 31.7 Å². The zero-order valence-corrected chi connectivity index (χ0v) is 17.9. The Morgan fingerprint density at radius 2 is 1.87 bits per heavy atom. The van der Waals surface area contributed by atoms with Crippen molar-refractivity contribution >= 4 is 28.5 Å². The number of hydrogen-bond donors (Lipinski definition) is 1. The Kier molecular flexibility index (Phi) is 6.09.